The van der Waals surface area contributed by atoms with Gasteiger partial charge in [-0.25, -0.2) is 17.6 Å². The Bertz CT molecular complexity index is 540. The van der Waals surface area contributed by atoms with Gasteiger partial charge in [-0.15, -0.1) is 0 Å². The number of rotatable bonds is 3. The van der Waals surface area contributed by atoms with E-state index in [0.29, 0.717) is 12.1 Å². The summed E-state index contributed by atoms with van der Waals surface area (Å²) in [6.07, 6.45) is 0. The minimum absolute atomic E-state index is 0.350. The highest BCUT2D eigenvalue weighted by Crippen LogP contribution is 2.29. The molecule has 8 heteroatoms. The fraction of sp³-hybridized carbons (Fsp3) is 0.125. The van der Waals surface area contributed by atoms with Gasteiger partial charge in [-0.05, 0) is 6.07 Å². The molecule has 0 aliphatic heterocycles. The van der Waals surface area contributed by atoms with Crippen molar-refractivity contribution in [3.05, 3.63) is 23.5 Å². The van der Waals surface area contributed by atoms with Crippen LogP contribution in [0.3, 0.4) is 0 Å². The van der Waals surface area contributed by atoms with Crippen LogP contribution in [0.2, 0.25) is 0 Å². The van der Waals surface area contributed by atoms with E-state index in [-0.39, 0.29) is 5.75 Å². The van der Waals surface area contributed by atoms with E-state index in [9.17, 15) is 17.6 Å². The fourth-order valence-electron chi connectivity index (χ4n) is 1.05. The van der Waals surface area contributed by atoms with Gasteiger partial charge >= 0.3 is 5.97 Å². The van der Waals surface area contributed by atoms with Crippen LogP contribution in [-0.2, 0) is 9.05 Å². The second kappa shape index (κ2) is 4.26. The molecule has 1 aromatic carbocycles. The number of hydrogen-bond donors (Lipinski definition) is 1. The van der Waals surface area contributed by atoms with Gasteiger partial charge in [0.2, 0.25) is 0 Å². The summed E-state index contributed by atoms with van der Waals surface area (Å²) in [5.41, 5.74) is -0.792. The predicted octanol–water partition coefficient (Wildman–Crippen LogP) is 1.46. The number of hydrogen-bond acceptors (Lipinski definition) is 4. The maximum atomic E-state index is 13.2. The lowest BCUT2D eigenvalue weighted by Crippen LogP contribution is -2.05. The van der Waals surface area contributed by atoms with Gasteiger partial charge in [0.25, 0.3) is 9.05 Å². The molecule has 0 spiro atoms. The topological polar surface area (TPSA) is 80.7 Å². The smallest absolute Gasteiger partial charge is 0.338 e. The van der Waals surface area contributed by atoms with Crippen molar-refractivity contribution < 1.29 is 27.4 Å². The molecule has 0 atom stereocenters. The first-order valence-corrected chi connectivity index (χ1v) is 6.13. The molecule has 1 aromatic rings. The van der Waals surface area contributed by atoms with Crippen LogP contribution in [-0.4, -0.2) is 26.6 Å². The first-order chi connectivity index (χ1) is 7.27. The van der Waals surface area contributed by atoms with Crippen LogP contribution in [0.25, 0.3) is 0 Å². The van der Waals surface area contributed by atoms with Crippen LogP contribution in [0.4, 0.5) is 4.39 Å². The number of aromatic carboxylic acids is 1. The van der Waals surface area contributed by atoms with Gasteiger partial charge in [0, 0.05) is 16.7 Å². The molecule has 5 nitrogen and oxygen atoms in total. The molecule has 0 fully saturated rings. The molecule has 0 aliphatic carbocycles. The SMILES string of the molecule is COc1cc(F)c(C(=O)O)cc1S(=O)(=O)Cl. The van der Waals surface area contributed by atoms with Crippen LogP contribution in [0.1, 0.15) is 10.4 Å². The minimum atomic E-state index is -4.20. The standard InChI is InChI=1S/C8H6ClFO5S/c1-15-6-3-5(10)4(8(11)12)2-7(6)16(9,13)14/h2-3H,1H3,(H,11,12). The highest BCUT2D eigenvalue weighted by molar-refractivity contribution is 8.13. The van der Waals surface area contributed by atoms with Crippen molar-refractivity contribution in [2.24, 2.45) is 0 Å². The molecule has 88 valence electrons. The Labute approximate surface area is 94.8 Å². The van der Waals surface area contributed by atoms with Gasteiger partial charge in [-0.1, -0.05) is 0 Å². The van der Waals surface area contributed by atoms with Crippen LogP contribution in [0.5, 0.6) is 5.75 Å². The van der Waals surface area contributed by atoms with Crippen molar-refractivity contribution in [3.8, 4) is 5.75 Å². The monoisotopic (exact) mass is 268 g/mol. The normalized spacial score (nSPS) is 11.2. The Balaban J connectivity index is 3.60. The van der Waals surface area contributed by atoms with Crippen molar-refractivity contribution >= 4 is 25.7 Å². The molecule has 0 amide bonds. The van der Waals surface area contributed by atoms with E-state index in [0.717, 1.165) is 7.11 Å². The predicted molar refractivity (Wildman–Crippen MR) is 53.0 cm³/mol. The Morgan fingerprint density at radius 3 is 2.44 bits per heavy atom. The molecular weight excluding hydrogens is 263 g/mol. The maximum Gasteiger partial charge on any atom is 0.338 e. The van der Waals surface area contributed by atoms with E-state index in [1.807, 2.05) is 0 Å². The van der Waals surface area contributed by atoms with Gasteiger partial charge < -0.3 is 9.84 Å². The molecule has 0 saturated carbocycles. The first-order valence-electron chi connectivity index (χ1n) is 3.83. The number of carboxylic acid groups (broad SMARTS) is 1. The van der Waals surface area contributed by atoms with E-state index >= 15 is 0 Å². The Morgan fingerprint density at radius 1 is 1.50 bits per heavy atom. The molecule has 1 N–H and O–H groups in total. The van der Waals surface area contributed by atoms with Gasteiger partial charge in [0.1, 0.15) is 16.5 Å². The van der Waals surface area contributed by atoms with Crippen molar-refractivity contribution in [1.29, 1.82) is 0 Å². The minimum Gasteiger partial charge on any atom is -0.495 e. The molecule has 0 bridgehead atoms. The van der Waals surface area contributed by atoms with E-state index in [1.165, 1.54) is 0 Å². The Hall–Kier alpha value is -1.34. The van der Waals surface area contributed by atoms with Crippen LogP contribution < -0.4 is 4.74 Å². The molecular formula is C8H6ClFO5S. The van der Waals surface area contributed by atoms with Gasteiger partial charge in [0.15, 0.2) is 0 Å². The highest BCUT2D eigenvalue weighted by atomic mass is 35.7. The lowest BCUT2D eigenvalue weighted by molar-refractivity contribution is 0.0691. The van der Waals surface area contributed by atoms with Gasteiger partial charge in [-0.2, -0.15) is 0 Å². The number of benzene rings is 1. The summed E-state index contributed by atoms with van der Waals surface area (Å²) in [4.78, 5) is 9.99. The van der Waals surface area contributed by atoms with Crippen LogP contribution >= 0.6 is 10.7 Å². The van der Waals surface area contributed by atoms with Crippen LogP contribution in [0.15, 0.2) is 17.0 Å². The average molecular weight is 269 g/mol. The van der Waals surface area contributed by atoms with E-state index in [2.05, 4.69) is 4.74 Å². The number of carboxylic acids is 1. The zero-order chi connectivity index (χ0) is 12.5. The second-order valence-electron chi connectivity index (χ2n) is 2.73. The summed E-state index contributed by atoms with van der Waals surface area (Å²) in [7, 11) is 1.96. The summed E-state index contributed by atoms with van der Waals surface area (Å²) in [6, 6.07) is 1.26. The molecule has 1 rings (SSSR count). The number of ether oxygens (including phenoxy) is 1. The molecule has 16 heavy (non-hydrogen) atoms. The number of methoxy groups -OCH3 is 1. The van der Waals surface area contributed by atoms with Gasteiger partial charge in [-0.3, -0.25) is 0 Å². The molecule has 0 radical (unpaired) electrons. The molecule has 0 aromatic heterocycles. The van der Waals surface area contributed by atoms with Crippen LogP contribution in [0, 0.1) is 5.82 Å². The maximum absolute atomic E-state index is 13.2. The zero-order valence-corrected chi connectivity index (χ0v) is 9.47. The van der Waals surface area contributed by atoms with Gasteiger partial charge in [0.05, 0.1) is 12.7 Å². The average Bonchev–Trinajstić information content (AvgIpc) is 2.14. The van der Waals surface area contributed by atoms with E-state index in [4.69, 9.17) is 15.8 Å². The van der Waals surface area contributed by atoms with E-state index in [1.54, 1.807) is 0 Å². The first kappa shape index (κ1) is 12.7. The molecule has 0 unspecified atom stereocenters. The summed E-state index contributed by atoms with van der Waals surface area (Å²) in [5.74, 6) is -3.05. The zero-order valence-electron chi connectivity index (χ0n) is 7.90. The lowest BCUT2D eigenvalue weighted by atomic mass is 10.2. The summed E-state index contributed by atoms with van der Waals surface area (Å²) >= 11 is 0. The Morgan fingerprint density at radius 2 is 2.06 bits per heavy atom. The van der Waals surface area contributed by atoms with E-state index < -0.39 is 31.3 Å². The Kier molecular flexibility index (Phi) is 3.39. The van der Waals surface area contributed by atoms with Crippen molar-refractivity contribution in [2.45, 2.75) is 4.90 Å². The fourth-order valence-corrected chi connectivity index (χ4v) is 2.05. The highest BCUT2D eigenvalue weighted by Gasteiger charge is 2.22. The number of carbonyl (C=O) groups is 1. The van der Waals surface area contributed by atoms with Crippen molar-refractivity contribution in [2.75, 3.05) is 7.11 Å². The third-order valence-corrected chi connectivity index (χ3v) is 3.09. The second-order valence-corrected chi connectivity index (χ2v) is 5.26. The lowest BCUT2D eigenvalue weighted by Gasteiger charge is -2.07. The van der Waals surface area contributed by atoms with Crippen molar-refractivity contribution in [3.63, 3.8) is 0 Å². The largest absolute Gasteiger partial charge is 0.495 e. The summed E-state index contributed by atoms with van der Waals surface area (Å²) in [5, 5.41) is 8.60. The molecule has 0 heterocycles. The quantitative estimate of drug-likeness (QED) is 0.840. The van der Waals surface area contributed by atoms with Crippen molar-refractivity contribution in [1.82, 2.24) is 0 Å². The molecule has 0 saturated heterocycles. The third kappa shape index (κ3) is 2.42. The molecule has 0 aliphatic rings. The summed E-state index contributed by atoms with van der Waals surface area (Å²) < 4.78 is 39.9. The third-order valence-electron chi connectivity index (χ3n) is 1.75. The number of halogens is 2. The summed E-state index contributed by atoms with van der Waals surface area (Å²) in [6.45, 7) is 0.